The number of methoxy groups -OCH3 is 1. The van der Waals surface area contributed by atoms with Crippen molar-refractivity contribution >= 4 is 27.2 Å². The highest BCUT2D eigenvalue weighted by molar-refractivity contribution is 7.91. The fourth-order valence-corrected chi connectivity index (χ4v) is 6.38. The van der Waals surface area contributed by atoms with Crippen LogP contribution < -0.4 is 15.4 Å². The molecule has 2 saturated heterocycles. The monoisotopic (exact) mass is 411 g/mol. The van der Waals surface area contributed by atoms with E-state index in [2.05, 4.69) is 27.7 Å². The molecule has 150 valence electrons. The maximum atomic E-state index is 11.8. The van der Waals surface area contributed by atoms with Crippen molar-refractivity contribution in [1.29, 1.82) is 0 Å². The van der Waals surface area contributed by atoms with E-state index in [9.17, 15) is 8.42 Å². The normalized spacial score (nSPS) is 25.9. The third-order valence-corrected chi connectivity index (χ3v) is 7.61. The van der Waals surface area contributed by atoms with Crippen LogP contribution in [0.25, 0.3) is 0 Å². The molecule has 0 aromatic heterocycles. The van der Waals surface area contributed by atoms with Crippen LogP contribution >= 0.6 is 12.2 Å². The van der Waals surface area contributed by atoms with Crippen LogP contribution in [0.3, 0.4) is 0 Å². The van der Waals surface area contributed by atoms with E-state index in [0.717, 1.165) is 18.8 Å². The Bertz CT molecular complexity index is 761. The molecule has 0 unspecified atom stereocenters. The number of hydrogen-bond acceptors (Lipinski definition) is 5. The van der Waals surface area contributed by atoms with Gasteiger partial charge in [0.05, 0.1) is 30.2 Å². The maximum Gasteiger partial charge on any atom is 0.166 e. The van der Waals surface area contributed by atoms with Gasteiger partial charge in [-0.05, 0) is 69.2 Å². The van der Waals surface area contributed by atoms with E-state index in [1.165, 1.54) is 18.4 Å². The van der Waals surface area contributed by atoms with Crippen molar-refractivity contribution in [2.75, 3.05) is 38.2 Å². The standard InChI is InChI=1S/C19H29N3O3S2/c1-19(9-12-27(23,24)14-19)21-18(26)20-13-17(22-10-3-4-11-22)15-5-7-16(25-2)8-6-15/h5-8,17H,3-4,9-14H2,1-2H3,(H2,20,21,26)/t17-,19+/m0/s1. The summed E-state index contributed by atoms with van der Waals surface area (Å²) in [5.41, 5.74) is 0.745. The van der Waals surface area contributed by atoms with Crippen molar-refractivity contribution in [1.82, 2.24) is 15.5 Å². The van der Waals surface area contributed by atoms with E-state index in [-0.39, 0.29) is 17.5 Å². The average molecular weight is 412 g/mol. The number of rotatable bonds is 6. The van der Waals surface area contributed by atoms with Gasteiger partial charge >= 0.3 is 0 Å². The minimum atomic E-state index is -2.96. The van der Waals surface area contributed by atoms with Gasteiger partial charge in [0.25, 0.3) is 0 Å². The van der Waals surface area contributed by atoms with Gasteiger partial charge in [-0.2, -0.15) is 0 Å². The molecule has 0 radical (unpaired) electrons. The summed E-state index contributed by atoms with van der Waals surface area (Å²) in [5.74, 6) is 1.21. The summed E-state index contributed by atoms with van der Waals surface area (Å²) in [4.78, 5) is 2.47. The van der Waals surface area contributed by atoms with Gasteiger partial charge in [0.15, 0.2) is 14.9 Å². The molecule has 1 aromatic carbocycles. The van der Waals surface area contributed by atoms with Gasteiger partial charge in [-0.3, -0.25) is 4.90 Å². The first-order chi connectivity index (χ1) is 12.8. The highest BCUT2D eigenvalue weighted by atomic mass is 32.2. The SMILES string of the molecule is COc1ccc([C@H](CNC(=S)N[C@]2(C)CCS(=O)(=O)C2)N2CCCC2)cc1. The van der Waals surface area contributed by atoms with E-state index < -0.39 is 15.4 Å². The van der Waals surface area contributed by atoms with Crippen molar-refractivity contribution in [3.8, 4) is 5.75 Å². The maximum absolute atomic E-state index is 11.8. The first-order valence-corrected chi connectivity index (χ1v) is 11.7. The quantitative estimate of drug-likeness (QED) is 0.693. The Balaban J connectivity index is 1.63. The van der Waals surface area contributed by atoms with Gasteiger partial charge in [0.2, 0.25) is 0 Å². The number of likely N-dealkylation sites (tertiary alicyclic amines) is 1. The highest BCUT2D eigenvalue weighted by Gasteiger charge is 2.38. The second-order valence-electron chi connectivity index (χ2n) is 7.77. The summed E-state index contributed by atoms with van der Waals surface area (Å²) in [6.45, 7) is 4.76. The predicted octanol–water partition coefficient (Wildman–Crippen LogP) is 1.87. The molecule has 2 atom stereocenters. The number of nitrogens with one attached hydrogen (secondary N) is 2. The molecule has 1 aromatic rings. The number of ether oxygens (including phenoxy) is 1. The number of thiocarbonyl (C=S) groups is 1. The topological polar surface area (TPSA) is 70.7 Å². The molecule has 2 heterocycles. The predicted molar refractivity (Wildman–Crippen MR) is 112 cm³/mol. The first-order valence-electron chi connectivity index (χ1n) is 9.45. The van der Waals surface area contributed by atoms with Gasteiger partial charge < -0.3 is 15.4 Å². The van der Waals surface area contributed by atoms with Gasteiger partial charge in [-0.1, -0.05) is 12.1 Å². The van der Waals surface area contributed by atoms with Gasteiger partial charge in [-0.25, -0.2) is 8.42 Å². The van der Waals surface area contributed by atoms with E-state index in [1.807, 2.05) is 19.1 Å². The van der Waals surface area contributed by atoms with Crippen molar-refractivity contribution < 1.29 is 13.2 Å². The lowest BCUT2D eigenvalue weighted by molar-refractivity contribution is 0.245. The zero-order valence-corrected chi connectivity index (χ0v) is 17.7. The van der Waals surface area contributed by atoms with Crippen LogP contribution in [-0.2, 0) is 9.84 Å². The molecular formula is C19H29N3O3S2. The Labute approximate surface area is 167 Å². The third-order valence-electron chi connectivity index (χ3n) is 5.46. The highest BCUT2D eigenvalue weighted by Crippen LogP contribution is 2.26. The van der Waals surface area contributed by atoms with Crippen molar-refractivity contribution in [2.45, 2.75) is 37.8 Å². The molecule has 2 aliphatic rings. The molecule has 0 spiro atoms. The third kappa shape index (κ3) is 5.33. The Morgan fingerprint density at radius 3 is 2.52 bits per heavy atom. The van der Waals surface area contributed by atoms with E-state index in [1.54, 1.807) is 7.11 Å². The molecule has 2 aliphatic heterocycles. The zero-order valence-electron chi connectivity index (χ0n) is 16.0. The summed E-state index contributed by atoms with van der Waals surface area (Å²) in [6.07, 6.45) is 3.02. The lowest BCUT2D eigenvalue weighted by atomic mass is 10.0. The lowest BCUT2D eigenvalue weighted by Crippen LogP contribution is -2.52. The van der Waals surface area contributed by atoms with Crippen LogP contribution in [0.1, 0.15) is 37.8 Å². The Kier molecular flexibility index (Phi) is 6.28. The molecular weight excluding hydrogens is 382 g/mol. The fraction of sp³-hybridized carbons (Fsp3) is 0.632. The molecule has 3 rings (SSSR count). The van der Waals surface area contributed by atoms with Crippen molar-refractivity contribution in [3.05, 3.63) is 29.8 Å². The summed E-state index contributed by atoms with van der Waals surface area (Å²) in [7, 11) is -1.29. The van der Waals surface area contributed by atoms with Crippen molar-refractivity contribution in [2.24, 2.45) is 0 Å². The van der Waals surface area contributed by atoms with Gasteiger partial charge in [0.1, 0.15) is 5.75 Å². The molecule has 0 saturated carbocycles. The second-order valence-corrected chi connectivity index (χ2v) is 10.4. The van der Waals surface area contributed by atoms with Crippen LogP contribution in [0.4, 0.5) is 0 Å². The molecule has 2 N–H and O–H groups in total. The molecule has 8 heteroatoms. The van der Waals surface area contributed by atoms with Crippen LogP contribution in [0.2, 0.25) is 0 Å². The molecule has 0 bridgehead atoms. The first kappa shape index (κ1) is 20.4. The van der Waals surface area contributed by atoms with Gasteiger partial charge in [0, 0.05) is 6.54 Å². The molecule has 6 nitrogen and oxygen atoms in total. The second kappa shape index (κ2) is 8.32. The lowest BCUT2D eigenvalue weighted by Gasteiger charge is -2.31. The largest absolute Gasteiger partial charge is 0.497 e. The summed E-state index contributed by atoms with van der Waals surface area (Å²) >= 11 is 5.46. The molecule has 0 aliphatic carbocycles. The zero-order chi connectivity index (χ0) is 19.5. The number of nitrogens with zero attached hydrogens (tertiary/aromatic N) is 1. The van der Waals surface area contributed by atoms with E-state index in [0.29, 0.717) is 18.1 Å². The number of benzene rings is 1. The van der Waals surface area contributed by atoms with E-state index in [4.69, 9.17) is 17.0 Å². The molecule has 2 fully saturated rings. The average Bonchev–Trinajstić information content (AvgIpc) is 3.23. The number of hydrogen-bond donors (Lipinski definition) is 2. The summed E-state index contributed by atoms with van der Waals surface area (Å²) in [5, 5.41) is 7.07. The van der Waals surface area contributed by atoms with E-state index >= 15 is 0 Å². The van der Waals surface area contributed by atoms with Crippen molar-refractivity contribution in [3.63, 3.8) is 0 Å². The fourth-order valence-electron chi connectivity index (χ4n) is 3.95. The number of sulfone groups is 1. The van der Waals surface area contributed by atoms with Crippen LogP contribution in [-0.4, -0.2) is 62.2 Å². The summed E-state index contributed by atoms with van der Waals surface area (Å²) in [6, 6.07) is 8.40. The minimum Gasteiger partial charge on any atom is -0.497 e. The van der Waals surface area contributed by atoms with Crippen LogP contribution in [0.5, 0.6) is 5.75 Å². The van der Waals surface area contributed by atoms with Crippen LogP contribution in [0, 0.1) is 0 Å². The molecule has 27 heavy (non-hydrogen) atoms. The molecule has 0 amide bonds. The summed E-state index contributed by atoms with van der Waals surface area (Å²) < 4.78 is 28.8. The van der Waals surface area contributed by atoms with Gasteiger partial charge in [-0.15, -0.1) is 0 Å². The Hall–Kier alpha value is -1.38. The van der Waals surface area contributed by atoms with Crippen LogP contribution in [0.15, 0.2) is 24.3 Å². The Morgan fingerprint density at radius 1 is 1.30 bits per heavy atom. The Morgan fingerprint density at radius 2 is 1.96 bits per heavy atom. The minimum absolute atomic E-state index is 0.135. The smallest absolute Gasteiger partial charge is 0.166 e.